The van der Waals surface area contributed by atoms with Crippen LogP contribution >= 0.6 is 8.25 Å². The highest BCUT2D eigenvalue weighted by Gasteiger charge is 2.33. The number of hydrogen-bond acceptors (Lipinski definition) is 6. The van der Waals surface area contributed by atoms with Crippen LogP contribution in [0.4, 0.5) is 0 Å². The molecule has 0 aliphatic carbocycles. The van der Waals surface area contributed by atoms with Crippen molar-refractivity contribution in [3.8, 4) is 0 Å². The SMILES string of the molecule is NC1=[N+](CC(=O)O)CCN1O[P+](=O)[O-]. The molecule has 0 radical (unpaired) electrons. The van der Waals surface area contributed by atoms with Gasteiger partial charge in [0.25, 0.3) is 0 Å². The maximum Gasteiger partial charge on any atom is 0.529 e. The van der Waals surface area contributed by atoms with Gasteiger partial charge in [-0.15, -0.1) is 0 Å². The van der Waals surface area contributed by atoms with E-state index in [1.165, 1.54) is 4.58 Å². The number of carboxylic acids is 1. The van der Waals surface area contributed by atoms with E-state index >= 15 is 0 Å². The number of nitrogens with two attached hydrogens (primary N) is 1. The minimum atomic E-state index is -3.03. The third kappa shape index (κ3) is 2.63. The molecular weight excluding hydrogens is 213 g/mol. The quantitative estimate of drug-likeness (QED) is 0.404. The van der Waals surface area contributed by atoms with E-state index in [-0.39, 0.29) is 19.0 Å². The summed E-state index contributed by atoms with van der Waals surface area (Å²) in [6.45, 7) is 0.269. The van der Waals surface area contributed by atoms with Crippen molar-refractivity contribution in [3.05, 3.63) is 0 Å². The molecule has 1 aliphatic heterocycles. The Bertz CT molecular complexity index is 304. The summed E-state index contributed by atoms with van der Waals surface area (Å²) in [4.78, 5) is 20.5. The number of rotatable bonds is 4. The van der Waals surface area contributed by atoms with Crippen LogP contribution in [0.5, 0.6) is 0 Å². The van der Waals surface area contributed by atoms with Crippen LogP contribution in [0.15, 0.2) is 0 Å². The number of nitrogens with zero attached hydrogens (tertiary/aromatic N) is 2. The molecule has 1 heterocycles. The summed E-state index contributed by atoms with van der Waals surface area (Å²) in [5, 5.41) is 9.41. The predicted octanol–water partition coefficient (Wildman–Crippen LogP) is -2.34. The lowest BCUT2D eigenvalue weighted by Crippen LogP contribution is -2.37. The third-order valence-corrected chi connectivity index (χ3v) is 1.97. The van der Waals surface area contributed by atoms with Crippen LogP contribution in [0.3, 0.4) is 0 Å². The van der Waals surface area contributed by atoms with Crippen molar-refractivity contribution in [1.29, 1.82) is 0 Å². The van der Waals surface area contributed by atoms with Crippen LogP contribution < -0.4 is 10.6 Å². The van der Waals surface area contributed by atoms with Gasteiger partial charge < -0.3 is 10.00 Å². The van der Waals surface area contributed by atoms with Gasteiger partial charge in [-0.25, -0.2) is 9.37 Å². The molecule has 14 heavy (non-hydrogen) atoms. The van der Waals surface area contributed by atoms with Crippen LogP contribution in [0.1, 0.15) is 0 Å². The summed E-state index contributed by atoms with van der Waals surface area (Å²) < 4.78 is 15.8. The van der Waals surface area contributed by atoms with Crippen LogP contribution in [0.2, 0.25) is 0 Å². The summed E-state index contributed by atoms with van der Waals surface area (Å²) in [6.07, 6.45) is 0. The first-order chi connectivity index (χ1) is 6.50. The molecule has 0 saturated carbocycles. The summed E-state index contributed by atoms with van der Waals surface area (Å²) in [5.41, 5.74) is 5.43. The molecule has 0 aromatic carbocycles. The van der Waals surface area contributed by atoms with Crippen molar-refractivity contribution >= 4 is 20.2 Å². The summed E-state index contributed by atoms with van der Waals surface area (Å²) in [7, 11) is -3.03. The fourth-order valence-electron chi connectivity index (χ4n) is 1.08. The Morgan fingerprint density at radius 2 is 2.50 bits per heavy atom. The minimum Gasteiger partial charge on any atom is -0.564 e. The molecule has 1 aliphatic rings. The van der Waals surface area contributed by atoms with Crippen LogP contribution in [-0.4, -0.2) is 46.3 Å². The molecule has 78 valence electrons. The number of hydrogen-bond donors (Lipinski definition) is 2. The molecule has 0 aromatic rings. The van der Waals surface area contributed by atoms with Gasteiger partial charge in [0.05, 0.1) is 0 Å². The Morgan fingerprint density at radius 1 is 1.86 bits per heavy atom. The Hall–Kier alpha value is -1.24. The molecule has 8 nitrogen and oxygen atoms in total. The lowest BCUT2D eigenvalue weighted by atomic mass is 10.6. The average molecular weight is 222 g/mol. The van der Waals surface area contributed by atoms with E-state index in [4.69, 9.17) is 10.8 Å². The number of aliphatic carboxylic acids is 1. The minimum absolute atomic E-state index is 0.00778. The molecule has 1 rings (SSSR count). The monoisotopic (exact) mass is 222 g/mol. The Labute approximate surface area is 80.1 Å². The van der Waals surface area contributed by atoms with Crippen molar-refractivity contribution in [3.63, 3.8) is 0 Å². The lowest BCUT2D eigenvalue weighted by molar-refractivity contribution is -0.509. The topological polar surface area (TPSA) is 119 Å². The van der Waals surface area contributed by atoms with Gasteiger partial charge in [-0.2, -0.15) is 0 Å². The number of carbonyl (C=O) groups is 1. The Kier molecular flexibility index (Phi) is 3.34. The van der Waals surface area contributed by atoms with Crippen LogP contribution in [-0.2, 0) is 14.0 Å². The van der Waals surface area contributed by atoms with Crippen molar-refractivity contribution in [1.82, 2.24) is 5.06 Å². The van der Waals surface area contributed by atoms with Gasteiger partial charge in [-0.1, -0.05) is 5.06 Å². The van der Waals surface area contributed by atoms with Gasteiger partial charge in [0.15, 0.2) is 6.54 Å². The van der Waals surface area contributed by atoms with Gasteiger partial charge in [0, 0.05) is 4.62 Å². The van der Waals surface area contributed by atoms with E-state index in [0.29, 0.717) is 6.54 Å². The largest absolute Gasteiger partial charge is 0.564 e. The van der Waals surface area contributed by atoms with E-state index in [2.05, 4.69) is 4.62 Å². The molecule has 0 fully saturated rings. The van der Waals surface area contributed by atoms with Crippen LogP contribution in [0.25, 0.3) is 0 Å². The zero-order valence-electron chi connectivity index (χ0n) is 7.12. The molecular formula is C5H9N3O5P+. The first kappa shape index (κ1) is 10.8. The zero-order valence-corrected chi connectivity index (χ0v) is 8.01. The predicted molar refractivity (Wildman–Crippen MR) is 42.2 cm³/mol. The molecule has 0 saturated heterocycles. The smallest absolute Gasteiger partial charge is 0.529 e. The first-order valence-corrected chi connectivity index (χ1v) is 4.79. The highest BCUT2D eigenvalue weighted by Crippen LogP contribution is 2.14. The first-order valence-electron chi connectivity index (χ1n) is 3.70. The van der Waals surface area contributed by atoms with Crippen molar-refractivity contribution in [2.24, 2.45) is 5.73 Å². The number of guanidine groups is 1. The maximum atomic E-state index is 10.3. The number of carboxylic acid groups (broad SMARTS) is 1. The van der Waals surface area contributed by atoms with Gasteiger partial charge in [0.2, 0.25) is 0 Å². The number of hydroxylamine groups is 2. The van der Waals surface area contributed by atoms with Crippen molar-refractivity contribution in [2.75, 3.05) is 19.6 Å². The fourth-order valence-corrected chi connectivity index (χ4v) is 1.41. The lowest BCUT2D eigenvalue weighted by Gasteiger charge is -2.00. The van der Waals surface area contributed by atoms with E-state index < -0.39 is 14.2 Å². The molecule has 9 heteroatoms. The summed E-state index contributed by atoms with van der Waals surface area (Å²) in [5.74, 6) is -1.05. The Balaban J connectivity index is 2.64. The second-order valence-electron chi connectivity index (χ2n) is 2.58. The molecule has 0 amide bonds. The van der Waals surface area contributed by atoms with E-state index in [9.17, 15) is 14.3 Å². The highest BCUT2D eigenvalue weighted by atomic mass is 31.1. The van der Waals surface area contributed by atoms with Gasteiger partial charge in [-0.3, -0.25) is 5.73 Å². The third-order valence-electron chi connectivity index (χ3n) is 1.64. The fraction of sp³-hybridized carbons (Fsp3) is 0.600. The summed E-state index contributed by atoms with van der Waals surface area (Å²) >= 11 is 0. The van der Waals surface area contributed by atoms with E-state index in [1.54, 1.807) is 0 Å². The van der Waals surface area contributed by atoms with E-state index in [0.717, 1.165) is 5.06 Å². The van der Waals surface area contributed by atoms with Gasteiger partial charge >= 0.3 is 20.2 Å². The second kappa shape index (κ2) is 4.32. The van der Waals surface area contributed by atoms with E-state index in [1.807, 2.05) is 0 Å². The second-order valence-corrected chi connectivity index (χ2v) is 3.19. The standard InChI is InChI=1S/C5H8N3O5P/c6-5-7(3-4(9)10)1-2-8(5)13-14(11)12/h6H,1-3H2,(H,9,10)/p+1. The summed E-state index contributed by atoms with van der Waals surface area (Å²) in [6, 6.07) is 0. The molecule has 3 N–H and O–H groups in total. The molecule has 0 aromatic heterocycles. The zero-order chi connectivity index (χ0) is 10.7. The van der Waals surface area contributed by atoms with Crippen molar-refractivity contribution in [2.45, 2.75) is 0 Å². The van der Waals surface area contributed by atoms with Gasteiger partial charge in [0.1, 0.15) is 13.1 Å². The normalized spacial score (nSPS) is 17.5. The van der Waals surface area contributed by atoms with Gasteiger partial charge in [-0.05, 0) is 4.57 Å². The van der Waals surface area contributed by atoms with Crippen LogP contribution in [0, 0.1) is 0 Å². The molecule has 0 bridgehead atoms. The molecule has 1 unspecified atom stereocenters. The maximum absolute atomic E-state index is 10.3. The highest BCUT2D eigenvalue weighted by molar-refractivity contribution is 7.30. The Morgan fingerprint density at radius 3 is 3.00 bits per heavy atom. The van der Waals surface area contributed by atoms with Crippen molar-refractivity contribution < 1.29 is 28.6 Å². The molecule has 1 atom stereocenters. The molecule has 0 spiro atoms. The average Bonchev–Trinajstić information content (AvgIpc) is 2.34.